The number of carbonyl (C=O) groups excluding carboxylic acids is 1. The van der Waals surface area contributed by atoms with E-state index in [2.05, 4.69) is 5.32 Å². The first kappa shape index (κ1) is 22.9. The van der Waals surface area contributed by atoms with Gasteiger partial charge in [0.25, 0.3) is 0 Å². The molecule has 30 heavy (non-hydrogen) atoms. The van der Waals surface area contributed by atoms with Crippen molar-refractivity contribution in [3.05, 3.63) is 47.8 Å². The van der Waals surface area contributed by atoms with Gasteiger partial charge in [0, 0.05) is 29.1 Å². The van der Waals surface area contributed by atoms with Crippen molar-refractivity contribution in [2.75, 3.05) is 30.4 Å². The molecule has 1 N–H and O–H groups in total. The van der Waals surface area contributed by atoms with Crippen LogP contribution in [0.4, 0.5) is 0 Å². The number of hydrogen-bond donors (Lipinski definition) is 1. The summed E-state index contributed by atoms with van der Waals surface area (Å²) >= 11 is 17.3. The van der Waals surface area contributed by atoms with Crippen LogP contribution in [0.1, 0.15) is 5.56 Å². The molecule has 0 aromatic carbocycles. The van der Waals surface area contributed by atoms with Gasteiger partial charge in [-0.05, 0) is 22.4 Å². The van der Waals surface area contributed by atoms with Gasteiger partial charge < -0.3 is 10.1 Å². The van der Waals surface area contributed by atoms with Crippen LogP contribution >= 0.6 is 105 Å². The lowest BCUT2D eigenvalue weighted by atomic mass is 10.4. The van der Waals surface area contributed by atoms with Gasteiger partial charge in [0.05, 0.1) is 32.0 Å². The van der Waals surface area contributed by atoms with Crippen molar-refractivity contribution in [2.45, 2.75) is 11.9 Å². The molecular formula is C18H17NO2S9. The Balaban J connectivity index is 1.07. The molecule has 0 aliphatic carbocycles. The van der Waals surface area contributed by atoms with Crippen molar-refractivity contribution in [3.8, 4) is 0 Å². The van der Waals surface area contributed by atoms with Gasteiger partial charge in [-0.25, -0.2) is 0 Å². The smallest absolute Gasteiger partial charge is 0.246 e. The van der Waals surface area contributed by atoms with Gasteiger partial charge in [0.2, 0.25) is 5.91 Å². The molecule has 12 heteroatoms. The molecule has 5 rings (SSSR count). The summed E-state index contributed by atoms with van der Waals surface area (Å²) in [6, 6.07) is 2.02. The monoisotopic (exact) mass is 567 g/mol. The number of carbonyl (C=O) groups is 1. The first-order valence-electron chi connectivity index (χ1n) is 9.09. The van der Waals surface area contributed by atoms with Gasteiger partial charge in [0.1, 0.15) is 6.61 Å². The van der Waals surface area contributed by atoms with E-state index in [1.165, 1.54) is 36.9 Å². The van der Waals surface area contributed by atoms with Gasteiger partial charge >= 0.3 is 0 Å². The highest BCUT2D eigenvalue weighted by molar-refractivity contribution is 8.45. The lowest BCUT2D eigenvalue weighted by molar-refractivity contribution is -0.126. The lowest BCUT2D eigenvalue weighted by Crippen LogP contribution is -2.34. The van der Waals surface area contributed by atoms with E-state index in [0.717, 1.165) is 11.3 Å². The first-order chi connectivity index (χ1) is 14.7. The molecule has 1 aromatic heterocycles. The minimum atomic E-state index is -0.0303. The molecule has 0 fully saturated rings. The van der Waals surface area contributed by atoms with Crippen molar-refractivity contribution >= 4 is 111 Å². The molecule has 0 radical (unpaired) electrons. The fourth-order valence-corrected chi connectivity index (χ4v) is 15.9. The van der Waals surface area contributed by atoms with Crippen molar-refractivity contribution in [3.63, 3.8) is 0 Å². The van der Waals surface area contributed by atoms with E-state index in [-0.39, 0.29) is 12.5 Å². The van der Waals surface area contributed by atoms with Crippen LogP contribution < -0.4 is 5.32 Å². The Morgan fingerprint density at radius 3 is 2.37 bits per heavy atom. The molecule has 0 saturated heterocycles. The average molecular weight is 568 g/mol. The van der Waals surface area contributed by atoms with Crippen LogP contribution in [0.2, 0.25) is 0 Å². The maximum atomic E-state index is 12.1. The minimum Gasteiger partial charge on any atom is -0.367 e. The third-order valence-electron chi connectivity index (χ3n) is 4.07. The predicted octanol–water partition coefficient (Wildman–Crippen LogP) is 7.05. The topological polar surface area (TPSA) is 38.3 Å². The third kappa shape index (κ3) is 5.79. The molecule has 1 amide bonds. The number of nitrogens with one attached hydrogen (secondary N) is 1. The number of rotatable bonds is 6. The molecular weight excluding hydrogens is 551 g/mol. The lowest BCUT2D eigenvalue weighted by Gasteiger charge is -2.21. The molecule has 1 unspecified atom stereocenters. The second kappa shape index (κ2) is 11.1. The van der Waals surface area contributed by atoms with Crippen LogP contribution in [-0.4, -0.2) is 41.6 Å². The van der Waals surface area contributed by atoms with Crippen LogP contribution in [0, 0.1) is 0 Å². The SMILES string of the molecule is O=C(COCc1ccsc1)NCC1CSC2=C(SC(=C3SC4=C(SCCS4)S3)S2)S1. The van der Waals surface area contributed by atoms with Crippen LogP contribution in [0.15, 0.2) is 42.2 Å². The number of thiophene rings is 1. The summed E-state index contributed by atoms with van der Waals surface area (Å²) in [5, 5.41) is 7.52. The number of hydrogen-bond acceptors (Lipinski definition) is 11. The van der Waals surface area contributed by atoms with E-state index in [9.17, 15) is 4.79 Å². The summed E-state index contributed by atoms with van der Waals surface area (Å²) < 4.78 is 14.3. The van der Waals surface area contributed by atoms with Gasteiger partial charge in [-0.1, -0.05) is 47.0 Å². The van der Waals surface area contributed by atoms with Crippen LogP contribution in [0.5, 0.6) is 0 Å². The fourth-order valence-electron chi connectivity index (χ4n) is 2.69. The van der Waals surface area contributed by atoms with Crippen LogP contribution in [0.25, 0.3) is 0 Å². The quantitative estimate of drug-likeness (QED) is 0.386. The molecule has 4 aliphatic rings. The van der Waals surface area contributed by atoms with Crippen LogP contribution in [-0.2, 0) is 16.1 Å². The summed E-state index contributed by atoms with van der Waals surface area (Å²) in [6.07, 6.45) is 0. The van der Waals surface area contributed by atoms with E-state index in [0.29, 0.717) is 18.4 Å². The Hall–Kier alpha value is 1.15. The average Bonchev–Trinajstić information content (AvgIpc) is 3.50. The van der Waals surface area contributed by atoms with E-state index in [1.807, 2.05) is 111 Å². The minimum absolute atomic E-state index is 0.0303. The Morgan fingerprint density at radius 2 is 1.67 bits per heavy atom. The molecule has 0 bridgehead atoms. The summed E-state index contributed by atoms with van der Waals surface area (Å²) in [5.74, 6) is 3.47. The van der Waals surface area contributed by atoms with Crippen molar-refractivity contribution in [1.82, 2.24) is 5.32 Å². The molecule has 0 spiro atoms. The van der Waals surface area contributed by atoms with Gasteiger partial charge in [-0.15, -0.1) is 47.0 Å². The molecule has 0 saturated carbocycles. The van der Waals surface area contributed by atoms with Crippen molar-refractivity contribution in [1.29, 1.82) is 0 Å². The number of ether oxygens (including phenoxy) is 1. The second-order valence-corrected chi connectivity index (χ2v) is 17.3. The second-order valence-electron chi connectivity index (χ2n) is 6.31. The molecule has 5 heterocycles. The Labute approximate surface area is 214 Å². The predicted molar refractivity (Wildman–Crippen MR) is 147 cm³/mol. The van der Waals surface area contributed by atoms with Gasteiger partial charge in [0.15, 0.2) is 0 Å². The Kier molecular flexibility index (Phi) is 8.44. The molecule has 3 nitrogen and oxygen atoms in total. The van der Waals surface area contributed by atoms with Crippen LogP contribution in [0.3, 0.4) is 0 Å². The van der Waals surface area contributed by atoms with Gasteiger partial charge in [-0.2, -0.15) is 11.3 Å². The largest absolute Gasteiger partial charge is 0.367 e. The highest BCUT2D eigenvalue weighted by atomic mass is 32.3. The van der Waals surface area contributed by atoms with Crippen molar-refractivity contribution in [2.24, 2.45) is 0 Å². The summed E-state index contributed by atoms with van der Waals surface area (Å²) in [4.78, 5) is 12.1. The van der Waals surface area contributed by atoms with E-state index < -0.39 is 0 Å². The molecule has 160 valence electrons. The highest BCUT2D eigenvalue weighted by Gasteiger charge is 2.34. The first-order valence-corrected chi connectivity index (χ1v) is 17.1. The van der Waals surface area contributed by atoms with Gasteiger partial charge in [-0.3, -0.25) is 4.79 Å². The zero-order chi connectivity index (χ0) is 20.3. The summed E-state index contributed by atoms with van der Waals surface area (Å²) in [5.41, 5.74) is 1.12. The van der Waals surface area contributed by atoms with Crippen molar-refractivity contribution < 1.29 is 9.53 Å². The zero-order valence-electron chi connectivity index (χ0n) is 15.5. The highest BCUT2D eigenvalue weighted by Crippen LogP contribution is 2.68. The number of thioether (sulfide) groups is 8. The summed E-state index contributed by atoms with van der Waals surface area (Å²) in [6.45, 7) is 1.31. The number of amides is 1. The third-order valence-corrected chi connectivity index (χ3v) is 17.2. The fraction of sp³-hybridized carbons (Fsp3) is 0.389. The van der Waals surface area contributed by atoms with E-state index in [4.69, 9.17) is 4.74 Å². The standard InChI is InChI=1S/C18H17NO2S9/c20-12(7-21-6-10-1-2-22-8-10)19-5-11-9-25-15-16(26-11)30-18(29-15)17-27-13-14(28-17)24-4-3-23-13/h1-2,8,11H,3-7,9H2,(H,19,20). The maximum absolute atomic E-state index is 12.1. The van der Waals surface area contributed by atoms with E-state index in [1.54, 1.807) is 11.3 Å². The van der Waals surface area contributed by atoms with E-state index >= 15 is 0 Å². The zero-order valence-corrected chi connectivity index (χ0v) is 22.9. The summed E-state index contributed by atoms with van der Waals surface area (Å²) in [7, 11) is 0. The molecule has 4 aliphatic heterocycles. The Morgan fingerprint density at radius 1 is 0.967 bits per heavy atom. The maximum Gasteiger partial charge on any atom is 0.246 e. The molecule has 1 aromatic rings. The Bertz CT molecular complexity index is 889. The normalized spacial score (nSPS) is 23.8. The molecule has 1 atom stereocenters.